The van der Waals surface area contributed by atoms with Crippen molar-refractivity contribution in [3.8, 4) is 0 Å². The molecule has 1 fully saturated rings. The Morgan fingerprint density at radius 1 is 1.19 bits per heavy atom. The summed E-state index contributed by atoms with van der Waals surface area (Å²) in [7, 11) is 2.20. The van der Waals surface area contributed by atoms with Crippen molar-refractivity contribution in [2.24, 2.45) is 0 Å². The quantitative estimate of drug-likeness (QED) is 0.743. The third kappa shape index (κ3) is 8.12. The summed E-state index contributed by atoms with van der Waals surface area (Å²) < 4.78 is 0. The number of nitrogens with zero attached hydrogens (tertiary/aromatic N) is 1. The Hall–Kier alpha value is -0.0800. The summed E-state index contributed by atoms with van der Waals surface area (Å²) in [5.41, 5.74) is 0.393. The maximum Gasteiger partial charge on any atom is 0.0292 e. The minimum atomic E-state index is 0.393. The van der Waals surface area contributed by atoms with Crippen LogP contribution in [0, 0.1) is 0 Å². The summed E-state index contributed by atoms with van der Waals surface area (Å²) in [5.74, 6) is 0. The molecule has 1 saturated heterocycles. The molecule has 0 aromatic heterocycles. The second kappa shape index (κ2) is 11.4. The van der Waals surface area contributed by atoms with Crippen molar-refractivity contribution in [2.45, 2.75) is 66.3 Å². The van der Waals surface area contributed by atoms with Gasteiger partial charge in [0.15, 0.2) is 0 Å². The molecule has 1 atom stereocenters. The van der Waals surface area contributed by atoms with Crippen LogP contribution in [0.2, 0.25) is 0 Å². The zero-order valence-electron chi connectivity index (χ0n) is 12.7. The van der Waals surface area contributed by atoms with Gasteiger partial charge in [0.05, 0.1) is 0 Å². The Bertz CT molecular complexity index is 137. The lowest BCUT2D eigenvalue weighted by molar-refractivity contribution is 0.331. The molecule has 1 aliphatic heterocycles. The number of unbranched alkanes of at least 4 members (excludes halogenated alkanes) is 1. The molecule has 0 bridgehead atoms. The first-order valence-corrected chi connectivity index (χ1v) is 7.10. The number of hydrogen-bond acceptors (Lipinski definition) is 2. The van der Waals surface area contributed by atoms with Crippen LogP contribution in [0.4, 0.5) is 0 Å². The summed E-state index contributed by atoms with van der Waals surface area (Å²) in [5, 5.41) is 3.65. The third-order valence-corrected chi connectivity index (χ3v) is 2.75. The van der Waals surface area contributed by atoms with Crippen LogP contribution < -0.4 is 5.32 Å². The van der Waals surface area contributed by atoms with Gasteiger partial charge in [-0.15, -0.1) is 0 Å². The summed E-state index contributed by atoms with van der Waals surface area (Å²) in [6.07, 6.45) is 3.89. The van der Waals surface area contributed by atoms with Crippen molar-refractivity contribution in [1.29, 1.82) is 0 Å². The molecule has 0 amide bonds. The first kappa shape index (κ1) is 18.3. The van der Waals surface area contributed by atoms with Gasteiger partial charge in [0, 0.05) is 12.1 Å². The topological polar surface area (TPSA) is 15.3 Å². The molecule has 0 aliphatic carbocycles. The molecule has 0 saturated carbocycles. The summed E-state index contributed by atoms with van der Waals surface area (Å²) in [6, 6.07) is 0. The molecule has 1 N–H and O–H groups in total. The van der Waals surface area contributed by atoms with E-state index in [2.05, 4.69) is 31.1 Å². The molecular formula is C14H34N2. The molecular weight excluding hydrogens is 196 g/mol. The van der Waals surface area contributed by atoms with E-state index in [9.17, 15) is 0 Å². The normalized spacial score (nSPS) is 24.2. The van der Waals surface area contributed by atoms with Crippen molar-refractivity contribution >= 4 is 0 Å². The van der Waals surface area contributed by atoms with Crippen molar-refractivity contribution in [1.82, 2.24) is 10.2 Å². The lowest BCUT2D eigenvalue weighted by atomic mass is 10.0. The Morgan fingerprint density at radius 2 is 1.75 bits per heavy atom. The fourth-order valence-corrected chi connectivity index (χ4v) is 1.90. The summed E-state index contributed by atoms with van der Waals surface area (Å²) >= 11 is 0. The summed E-state index contributed by atoms with van der Waals surface area (Å²) in [6.45, 7) is 16.2. The standard InChI is InChI=1S/C10H22N2.2C2H6/c1-4-5-7-11-10(2)6-8-12(3)9-10;2*1-2/h11H,4-9H2,1-3H3;2*1-2H3. The molecule has 0 aromatic carbocycles. The second-order valence-corrected chi connectivity index (χ2v) is 4.33. The van der Waals surface area contributed by atoms with Gasteiger partial charge in [0.2, 0.25) is 0 Å². The van der Waals surface area contributed by atoms with Gasteiger partial charge in [-0.05, 0) is 39.9 Å². The number of rotatable bonds is 4. The fraction of sp³-hybridized carbons (Fsp3) is 1.00. The Morgan fingerprint density at radius 3 is 2.12 bits per heavy atom. The predicted octanol–water partition coefficient (Wildman–Crippen LogP) is 3.52. The monoisotopic (exact) mass is 230 g/mol. The highest BCUT2D eigenvalue weighted by molar-refractivity contribution is 4.91. The van der Waals surface area contributed by atoms with E-state index in [1.165, 1.54) is 38.9 Å². The maximum atomic E-state index is 3.65. The van der Waals surface area contributed by atoms with Crippen LogP contribution in [0.3, 0.4) is 0 Å². The molecule has 1 aliphatic rings. The zero-order chi connectivity index (χ0) is 13.0. The van der Waals surface area contributed by atoms with Gasteiger partial charge in [-0.2, -0.15) is 0 Å². The average Bonchev–Trinajstić information content (AvgIpc) is 2.65. The lowest BCUT2D eigenvalue weighted by Gasteiger charge is -2.25. The van der Waals surface area contributed by atoms with Gasteiger partial charge in [-0.3, -0.25) is 0 Å². The van der Waals surface area contributed by atoms with Crippen LogP contribution in [0.15, 0.2) is 0 Å². The van der Waals surface area contributed by atoms with Crippen LogP contribution in [-0.2, 0) is 0 Å². The molecule has 0 radical (unpaired) electrons. The van der Waals surface area contributed by atoms with Crippen LogP contribution in [0.1, 0.15) is 60.8 Å². The first-order chi connectivity index (χ1) is 7.66. The van der Waals surface area contributed by atoms with Gasteiger partial charge in [0.1, 0.15) is 0 Å². The zero-order valence-corrected chi connectivity index (χ0v) is 12.7. The molecule has 1 heterocycles. The smallest absolute Gasteiger partial charge is 0.0292 e. The highest BCUT2D eigenvalue weighted by Crippen LogP contribution is 2.18. The van der Waals surface area contributed by atoms with Gasteiger partial charge < -0.3 is 10.2 Å². The number of nitrogens with one attached hydrogen (secondary N) is 1. The van der Waals surface area contributed by atoms with Gasteiger partial charge in [-0.25, -0.2) is 0 Å². The molecule has 2 heteroatoms. The van der Waals surface area contributed by atoms with Crippen molar-refractivity contribution < 1.29 is 0 Å². The number of hydrogen-bond donors (Lipinski definition) is 1. The predicted molar refractivity (Wildman–Crippen MR) is 76.1 cm³/mol. The number of likely N-dealkylation sites (N-methyl/N-ethyl adjacent to an activating group) is 1. The van der Waals surface area contributed by atoms with E-state index < -0.39 is 0 Å². The van der Waals surface area contributed by atoms with E-state index in [1.807, 2.05) is 27.7 Å². The molecule has 0 spiro atoms. The van der Waals surface area contributed by atoms with E-state index in [0.29, 0.717) is 5.54 Å². The van der Waals surface area contributed by atoms with E-state index in [0.717, 1.165) is 0 Å². The Labute approximate surface area is 104 Å². The third-order valence-electron chi connectivity index (χ3n) is 2.75. The average molecular weight is 230 g/mol. The van der Waals surface area contributed by atoms with Gasteiger partial charge in [0.25, 0.3) is 0 Å². The molecule has 1 unspecified atom stereocenters. The Kier molecular flexibility index (Phi) is 13.0. The molecule has 100 valence electrons. The highest BCUT2D eigenvalue weighted by atomic mass is 15.2. The lowest BCUT2D eigenvalue weighted by Crippen LogP contribution is -2.44. The van der Waals surface area contributed by atoms with E-state index in [-0.39, 0.29) is 0 Å². The molecule has 2 nitrogen and oxygen atoms in total. The van der Waals surface area contributed by atoms with Crippen LogP contribution >= 0.6 is 0 Å². The molecule has 0 aromatic rings. The maximum absolute atomic E-state index is 3.65. The largest absolute Gasteiger partial charge is 0.310 e. The summed E-state index contributed by atoms with van der Waals surface area (Å²) in [4.78, 5) is 2.40. The van der Waals surface area contributed by atoms with Crippen LogP contribution in [0.5, 0.6) is 0 Å². The number of likely N-dealkylation sites (tertiary alicyclic amines) is 1. The fourth-order valence-electron chi connectivity index (χ4n) is 1.90. The first-order valence-electron chi connectivity index (χ1n) is 7.10. The van der Waals surface area contributed by atoms with Gasteiger partial charge >= 0.3 is 0 Å². The molecule has 16 heavy (non-hydrogen) atoms. The van der Waals surface area contributed by atoms with Crippen LogP contribution in [-0.4, -0.2) is 37.1 Å². The van der Waals surface area contributed by atoms with Gasteiger partial charge in [-0.1, -0.05) is 41.0 Å². The van der Waals surface area contributed by atoms with Crippen LogP contribution in [0.25, 0.3) is 0 Å². The van der Waals surface area contributed by atoms with E-state index >= 15 is 0 Å². The van der Waals surface area contributed by atoms with Crippen molar-refractivity contribution in [3.63, 3.8) is 0 Å². The molecule has 1 rings (SSSR count). The minimum absolute atomic E-state index is 0.393. The second-order valence-electron chi connectivity index (χ2n) is 4.33. The van der Waals surface area contributed by atoms with E-state index in [1.54, 1.807) is 0 Å². The SMILES string of the molecule is CC.CC.CCCCNC1(C)CCN(C)C1. The highest BCUT2D eigenvalue weighted by Gasteiger charge is 2.30. The van der Waals surface area contributed by atoms with Crippen molar-refractivity contribution in [2.75, 3.05) is 26.7 Å². The Balaban J connectivity index is 0. The minimum Gasteiger partial charge on any atom is -0.310 e. The van der Waals surface area contributed by atoms with Crippen molar-refractivity contribution in [3.05, 3.63) is 0 Å². The van der Waals surface area contributed by atoms with E-state index in [4.69, 9.17) is 0 Å².